The van der Waals surface area contributed by atoms with Gasteiger partial charge in [-0.25, -0.2) is 8.42 Å². The molecule has 0 bridgehead atoms. The molecule has 0 saturated heterocycles. The van der Waals surface area contributed by atoms with Gasteiger partial charge in [0.05, 0.1) is 5.75 Å². The maximum absolute atomic E-state index is 12.3. The van der Waals surface area contributed by atoms with Gasteiger partial charge in [0, 0.05) is 16.7 Å². The standard InChI is InChI=1S/C17H15ClN2O3S/c1-12-3-2-4-13(9-12)11-24(21,22)20-17-10-16(19-23-17)14-5-7-15(18)8-6-14/h2-10,20H,11H2,1H3. The predicted molar refractivity (Wildman–Crippen MR) is 94.4 cm³/mol. The highest BCUT2D eigenvalue weighted by Crippen LogP contribution is 2.24. The number of nitrogens with zero attached hydrogens (tertiary/aromatic N) is 1. The molecular formula is C17H15ClN2O3S. The van der Waals surface area contributed by atoms with E-state index in [9.17, 15) is 8.42 Å². The van der Waals surface area contributed by atoms with Crippen LogP contribution >= 0.6 is 11.6 Å². The van der Waals surface area contributed by atoms with E-state index in [2.05, 4.69) is 9.88 Å². The van der Waals surface area contributed by atoms with Crippen molar-refractivity contribution >= 4 is 27.5 Å². The van der Waals surface area contributed by atoms with Crippen molar-refractivity contribution in [2.45, 2.75) is 12.7 Å². The first kappa shape index (κ1) is 16.5. The average Bonchev–Trinajstić information content (AvgIpc) is 2.95. The highest BCUT2D eigenvalue weighted by molar-refractivity contribution is 7.91. The van der Waals surface area contributed by atoms with Crippen LogP contribution in [0.1, 0.15) is 11.1 Å². The summed E-state index contributed by atoms with van der Waals surface area (Å²) in [6, 6.07) is 15.9. The van der Waals surface area contributed by atoms with E-state index in [0.717, 1.165) is 11.1 Å². The van der Waals surface area contributed by atoms with Crippen LogP contribution in [0, 0.1) is 6.92 Å². The molecule has 124 valence electrons. The number of aromatic nitrogens is 1. The molecule has 3 aromatic rings. The van der Waals surface area contributed by atoms with Crippen molar-refractivity contribution in [1.82, 2.24) is 5.16 Å². The van der Waals surface area contributed by atoms with Gasteiger partial charge in [-0.1, -0.05) is 58.7 Å². The number of benzene rings is 2. The summed E-state index contributed by atoms with van der Waals surface area (Å²) in [4.78, 5) is 0. The lowest BCUT2D eigenvalue weighted by molar-refractivity contribution is 0.438. The molecule has 1 aromatic heterocycles. The molecule has 0 amide bonds. The molecular weight excluding hydrogens is 348 g/mol. The Morgan fingerprint density at radius 2 is 1.88 bits per heavy atom. The zero-order valence-corrected chi connectivity index (χ0v) is 14.4. The smallest absolute Gasteiger partial charge is 0.239 e. The number of rotatable bonds is 5. The molecule has 1 N–H and O–H groups in total. The van der Waals surface area contributed by atoms with Crippen molar-refractivity contribution in [2.75, 3.05) is 4.72 Å². The first-order valence-electron chi connectivity index (χ1n) is 7.20. The van der Waals surface area contributed by atoms with Crippen LogP contribution in [0.15, 0.2) is 59.1 Å². The Balaban J connectivity index is 1.75. The molecule has 3 rings (SSSR count). The van der Waals surface area contributed by atoms with Crippen LogP contribution in [-0.4, -0.2) is 13.6 Å². The van der Waals surface area contributed by atoms with Crippen LogP contribution in [-0.2, 0) is 15.8 Å². The molecule has 0 aliphatic carbocycles. The van der Waals surface area contributed by atoms with Crippen LogP contribution in [0.2, 0.25) is 5.02 Å². The zero-order chi connectivity index (χ0) is 17.2. The third-order valence-corrected chi connectivity index (χ3v) is 4.82. The van der Waals surface area contributed by atoms with Crippen molar-refractivity contribution in [3.8, 4) is 11.3 Å². The molecule has 0 saturated carbocycles. The molecule has 7 heteroatoms. The summed E-state index contributed by atoms with van der Waals surface area (Å²) in [5.41, 5.74) is 3.03. The fourth-order valence-corrected chi connectivity index (χ4v) is 3.51. The Morgan fingerprint density at radius 1 is 1.12 bits per heavy atom. The van der Waals surface area contributed by atoms with Gasteiger partial charge in [0.1, 0.15) is 5.69 Å². The largest absolute Gasteiger partial charge is 0.337 e. The fourth-order valence-electron chi connectivity index (χ4n) is 2.29. The molecule has 0 fully saturated rings. The monoisotopic (exact) mass is 362 g/mol. The van der Waals surface area contributed by atoms with Crippen LogP contribution in [0.4, 0.5) is 5.88 Å². The Kier molecular flexibility index (Phi) is 4.59. The summed E-state index contributed by atoms with van der Waals surface area (Å²) in [6.07, 6.45) is 0. The van der Waals surface area contributed by atoms with Gasteiger partial charge in [-0.15, -0.1) is 0 Å². The van der Waals surface area contributed by atoms with Gasteiger partial charge in [-0.3, -0.25) is 4.72 Å². The van der Waals surface area contributed by atoms with Gasteiger partial charge in [0.2, 0.25) is 15.9 Å². The van der Waals surface area contributed by atoms with Crippen LogP contribution in [0.5, 0.6) is 0 Å². The van der Waals surface area contributed by atoms with E-state index in [1.165, 1.54) is 6.07 Å². The number of nitrogens with one attached hydrogen (secondary N) is 1. The minimum atomic E-state index is -3.58. The predicted octanol–water partition coefficient (Wildman–Crippen LogP) is 4.25. The summed E-state index contributed by atoms with van der Waals surface area (Å²) >= 11 is 5.84. The van der Waals surface area contributed by atoms with E-state index in [-0.39, 0.29) is 11.6 Å². The molecule has 2 aromatic carbocycles. The molecule has 0 aliphatic heterocycles. The van der Waals surface area contributed by atoms with E-state index in [0.29, 0.717) is 16.3 Å². The molecule has 1 heterocycles. The second-order valence-corrected chi connectivity index (χ2v) is 7.59. The second kappa shape index (κ2) is 6.67. The first-order valence-corrected chi connectivity index (χ1v) is 9.23. The van der Waals surface area contributed by atoms with Gasteiger partial charge >= 0.3 is 0 Å². The van der Waals surface area contributed by atoms with Crippen LogP contribution in [0.25, 0.3) is 11.3 Å². The number of aryl methyl sites for hydroxylation is 1. The lowest BCUT2D eigenvalue weighted by Gasteiger charge is -2.05. The van der Waals surface area contributed by atoms with Crippen molar-refractivity contribution in [3.63, 3.8) is 0 Å². The molecule has 5 nitrogen and oxygen atoms in total. The van der Waals surface area contributed by atoms with Gasteiger partial charge in [-0.05, 0) is 24.6 Å². The minimum absolute atomic E-state index is 0.0765. The molecule has 0 spiro atoms. The molecule has 24 heavy (non-hydrogen) atoms. The van der Waals surface area contributed by atoms with Crippen molar-refractivity contribution in [1.29, 1.82) is 0 Å². The second-order valence-electron chi connectivity index (χ2n) is 5.43. The topological polar surface area (TPSA) is 72.2 Å². The Bertz CT molecular complexity index is 950. The number of sulfonamides is 1. The van der Waals surface area contributed by atoms with Crippen LogP contribution in [0.3, 0.4) is 0 Å². The Hall–Kier alpha value is -2.31. The normalized spacial score (nSPS) is 11.4. The van der Waals surface area contributed by atoms with E-state index >= 15 is 0 Å². The van der Waals surface area contributed by atoms with Gasteiger partial charge in [0.15, 0.2) is 0 Å². The average molecular weight is 363 g/mol. The Labute approximate surface area is 145 Å². The highest BCUT2D eigenvalue weighted by atomic mass is 35.5. The van der Waals surface area contributed by atoms with E-state index in [1.807, 2.05) is 25.1 Å². The van der Waals surface area contributed by atoms with Gasteiger partial charge < -0.3 is 4.52 Å². The first-order chi connectivity index (χ1) is 11.4. The van der Waals surface area contributed by atoms with E-state index in [1.54, 1.807) is 30.3 Å². The third kappa shape index (κ3) is 4.15. The molecule has 0 radical (unpaired) electrons. The fraction of sp³-hybridized carbons (Fsp3) is 0.118. The zero-order valence-electron chi connectivity index (χ0n) is 12.9. The third-order valence-electron chi connectivity index (χ3n) is 3.35. The summed E-state index contributed by atoms with van der Waals surface area (Å²) in [5, 5.41) is 4.49. The van der Waals surface area contributed by atoms with E-state index in [4.69, 9.17) is 16.1 Å². The molecule has 0 aliphatic rings. The number of hydrogen-bond acceptors (Lipinski definition) is 4. The summed E-state index contributed by atoms with van der Waals surface area (Å²) in [5.74, 6) is -0.0568. The number of hydrogen-bond donors (Lipinski definition) is 1. The Morgan fingerprint density at radius 3 is 2.58 bits per heavy atom. The van der Waals surface area contributed by atoms with Crippen molar-refractivity contribution in [2.24, 2.45) is 0 Å². The lowest BCUT2D eigenvalue weighted by Crippen LogP contribution is -2.14. The molecule has 0 unspecified atom stereocenters. The quantitative estimate of drug-likeness (QED) is 0.736. The summed E-state index contributed by atoms with van der Waals surface area (Å²) in [7, 11) is -3.58. The highest BCUT2D eigenvalue weighted by Gasteiger charge is 2.15. The molecule has 0 atom stereocenters. The van der Waals surface area contributed by atoms with Crippen molar-refractivity contribution in [3.05, 3.63) is 70.7 Å². The van der Waals surface area contributed by atoms with Gasteiger partial charge in [-0.2, -0.15) is 0 Å². The van der Waals surface area contributed by atoms with Crippen molar-refractivity contribution < 1.29 is 12.9 Å². The SMILES string of the molecule is Cc1cccc(CS(=O)(=O)Nc2cc(-c3ccc(Cl)cc3)no2)c1. The maximum Gasteiger partial charge on any atom is 0.239 e. The minimum Gasteiger partial charge on any atom is -0.337 e. The summed E-state index contributed by atoms with van der Waals surface area (Å²) < 4.78 is 32.0. The number of halogens is 1. The van der Waals surface area contributed by atoms with E-state index < -0.39 is 10.0 Å². The number of anilines is 1. The maximum atomic E-state index is 12.3. The van der Waals surface area contributed by atoms with Crippen LogP contribution < -0.4 is 4.72 Å². The van der Waals surface area contributed by atoms with Gasteiger partial charge in [0.25, 0.3) is 0 Å². The lowest BCUT2D eigenvalue weighted by atomic mass is 10.1. The summed E-state index contributed by atoms with van der Waals surface area (Å²) in [6.45, 7) is 1.92.